The van der Waals surface area contributed by atoms with E-state index in [4.69, 9.17) is 19.2 Å². The van der Waals surface area contributed by atoms with Crippen molar-refractivity contribution in [2.45, 2.75) is 76.2 Å². The fourth-order valence-electron chi connectivity index (χ4n) is 6.85. The third kappa shape index (κ3) is 7.15. The lowest BCUT2D eigenvalue weighted by Crippen LogP contribution is -2.45. The Morgan fingerprint density at radius 2 is 1.88 bits per heavy atom. The number of nitrogens with one attached hydrogen (secondary N) is 1. The molecule has 2 saturated carbocycles. The van der Waals surface area contributed by atoms with Crippen molar-refractivity contribution in [3.63, 3.8) is 0 Å². The number of aromatic nitrogens is 1. The Balaban J connectivity index is 0.00000417. The number of allylic oxidation sites excluding steroid dienone is 2. The predicted molar refractivity (Wildman–Crippen MR) is 185 cm³/mol. The van der Waals surface area contributed by atoms with Crippen LogP contribution in [0.3, 0.4) is 0 Å². The van der Waals surface area contributed by atoms with Gasteiger partial charge in [0.15, 0.2) is 5.78 Å². The lowest BCUT2D eigenvalue weighted by molar-refractivity contribution is -0.131. The summed E-state index contributed by atoms with van der Waals surface area (Å²) in [6.07, 6.45) is 6.29. The van der Waals surface area contributed by atoms with Gasteiger partial charge in [0, 0.05) is 35.9 Å². The number of cyclic esters (lactones) is 1. The van der Waals surface area contributed by atoms with Crippen LogP contribution in [0.2, 0.25) is 0 Å². The molecule has 0 unspecified atom stereocenters. The topological polar surface area (TPSA) is 141 Å². The molecule has 7 rings (SSSR count). The molecule has 12 heteroatoms. The van der Waals surface area contributed by atoms with Crippen molar-refractivity contribution in [2.75, 3.05) is 20.3 Å². The summed E-state index contributed by atoms with van der Waals surface area (Å²) in [4.78, 5) is 47.3. The first-order valence-corrected chi connectivity index (χ1v) is 18.1. The van der Waals surface area contributed by atoms with Crippen LogP contribution in [0.5, 0.6) is 11.5 Å². The Bertz CT molecular complexity index is 1880. The standard InChI is InChI=1S/C36H39N3O8S.CH4/c1-45-25-12-15-28-30(17-25)37-29(23-9-5-4-6-10-23)19-33(28)47-26-18-31-32(40)21-36(34(41)38-48(43,44)27-13-14-27)20-24(36)11-7-2-3-8-16-46-35(42)39(31)22-26;/h4-7,9-12,15,17,19,24,26-27,31H,2-3,8,13-14,16,18,20-22H2,1H3,(H,38,41);1H4/b11-7-;/t24-,26-,31+,36-;/m1./s1. The van der Waals surface area contributed by atoms with Crippen LogP contribution in [-0.2, 0) is 24.3 Å². The van der Waals surface area contributed by atoms with Gasteiger partial charge in [0.25, 0.3) is 0 Å². The molecule has 0 bridgehead atoms. The fourth-order valence-corrected chi connectivity index (χ4v) is 8.23. The highest BCUT2D eigenvalue weighted by atomic mass is 32.2. The van der Waals surface area contributed by atoms with Crippen molar-refractivity contribution in [2.24, 2.45) is 11.3 Å². The minimum Gasteiger partial charge on any atom is -0.497 e. The van der Waals surface area contributed by atoms with Crippen molar-refractivity contribution >= 4 is 38.7 Å². The van der Waals surface area contributed by atoms with Crippen molar-refractivity contribution < 1.29 is 37.0 Å². The van der Waals surface area contributed by atoms with Crippen molar-refractivity contribution in [3.8, 4) is 22.8 Å². The van der Waals surface area contributed by atoms with Crippen LogP contribution in [0, 0.1) is 11.3 Å². The molecule has 1 N–H and O–H groups in total. The number of carbonyl (C=O) groups excluding carboxylic acids is 3. The summed E-state index contributed by atoms with van der Waals surface area (Å²) in [5.74, 6) is -0.0286. The quantitative estimate of drug-likeness (QED) is 0.304. The molecule has 2 aromatic carbocycles. The van der Waals surface area contributed by atoms with Crippen LogP contribution in [0.1, 0.15) is 58.8 Å². The molecule has 3 aromatic rings. The number of hydrogen-bond acceptors (Lipinski definition) is 9. The van der Waals surface area contributed by atoms with E-state index in [1.807, 2.05) is 66.7 Å². The molecule has 3 fully saturated rings. The highest BCUT2D eigenvalue weighted by molar-refractivity contribution is 7.90. The van der Waals surface area contributed by atoms with Crippen LogP contribution in [0.25, 0.3) is 22.2 Å². The number of pyridine rings is 1. The maximum atomic E-state index is 14.1. The summed E-state index contributed by atoms with van der Waals surface area (Å²) in [7, 11) is -2.20. The molecule has 11 nitrogen and oxygen atoms in total. The van der Waals surface area contributed by atoms with Gasteiger partial charge in [-0.05, 0) is 56.6 Å². The summed E-state index contributed by atoms with van der Waals surface area (Å²) < 4.78 is 45.3. The van der Waals surface area contributed by atoms with Gasteiger partial charge in [-0.2, -0.15) is 0 Å². The first-order chi connectivity index (χ1) is 23.2. The molecule has 4 aliphatic rings. The molecule has 2 amide bonds. The number of Topliss-reactive ketones (excluding diaryl/α,β-unsaturated/α-hetero) is 1. The molecule has 3 heterocycles. The Morgan fingerprint density at radius 3 is 2.63 bits per heavy atom. The molecule has 49 heavy (non-hydrogen) atoms. The van der Waals surface area contributed by atoms with Crippen LogP contribution in [-0.4, -0.2) is 73.7 Å². The Labute approximate surface area is 287 Å². The molecule has 2 aliphatic carbocycles. The smallest absolute Gasteiger partial charge is 0.410 e. The predicted octanol–water partition coefficient (Wildman–Crippen LogP) is 5.82. The van der Waals surface area contributed by atoms with E-state index in [1.165, 1.54) is 4.90 Å². The van der Waals surface area contributed by atoms with Crippen molar-refractivity contribution in [1.82, 2.24) is 14.6 Å². The molecule has 0 spiro atoms. The number of sulfonamides is 1. The van der Waals surface area contributed by atoms with Gasteiger partial charge in [0.2, 0.25) is 15.9 Å². The number of benzene rings is 2. The van der Waals surface area contributed by atoms with E-state index in [-0.39, 0.29) is 45.1 Å². The van der Waals surface area contributed by atoms with Gasteiger partial charge in [-0.25, -0.2) is 18.2 Å². The first kappa shape index (κ1) is 34.4. The number of nitrogens with zero attached hydrogens (tertiary/aromatic N) is 2. The molecule has 4 atom stereocenters. The first-order valence-electron chi connectivity index (χ1n) is 16.6. The van der Waals surface area contributed by atoms with Gasteiger partial charge in [-0.3, -0.25) is 19.2 Å². The highest BCUT2D eigenvalue weighted by Crippen LogP contribution is 2.57. The fraction of sp³-hybridized carbons (Fsp3) is 0.459. The SMILES string of the molecule is C.COc1ccc2c(O[C@@H]3C[C@H]4C(=O)C[C@]5(C(=O)NS(=O)(=O)C6CC6)C[C@H]5/C=C\CCCCOC(=O)N4C3)cc(-c3ccccc3)nc2c1. The number of fused-ring (bicyclic) bond motifs is 3. The molecule has 2 aliphatic heterocycles. The normalized spacial score (nSPS) is 26.3. The van der Waals surface area contributed by atoms with E-state index in [0.29, 0.717) is 48.4 Å². The zero-order valence-electron chi connectivity index (χ0n) is 26.8. The number of ether oxygens (including phenoxy) is 3. The second-order valence-electron chi connectivity index (χ2n) is 13.2. The second-order valence-corrected chi connectivity index (χ2v) is 15.2. The largest absolute Gasteiger partial charge is 0.497 e. The van der Waals surface area contributed by atoms with E-state index in [9.17, 15) is 22.8 Å². The summed E-state index contributed by atoms with van der Waals surface area (Å²) in [5, 5.41) is 0.184. The zero-order valence-corrected chi connectivity index (χ0v) is 27.6. The Hall–Kier alpha value is -4.45. The Kier molecular flexibility index (Phi) is 9.70. The highest BCUT2D eigenvalue weighted by Gasteiger charge is 2.61. The second kappa shape index (κ2) is 13.8. The number of amides is 2. The molecule has 260 valence electrons. The molecule has 1 aromatic heterocycles. The van der Waals surface area contributed by atoms with E-state index >= 15 is 0 Å². The summed E-state index contributed by atoms with van der Waals surface area (Å²) in [6.45, 7) is 0.329. The number of rotatable bonds is 7. The van der Waals surface area contributed by atoms with Crippen LogP contribution >= 0.6 is 0 Å². The van der Waals surface area contributed by atoms with Crippen molar-refractivity contribution in [1.29, 1.82) is 0 Å². The van der Waals surface area contributed by atoms with Gasteiger partial charge in [0.1, 0.15) is 17.6 Å². The van der Waals surface area contributed by atoms with E-state index in [2.05, 4.69) is 4.72 Å². The molecular weight excluding hydrogens is 646 g/mol. The van der Waals surface area contributed by atoms with Gasteiger partial charge in [-0.15, -0.1) is 0 Å². The zero-order chi connectivity index (χ0) is 33.5. The average molecular weight is 690 g/mol. The summed E-state index contributed by atoms with van der Waals surface area (Å²) in [6, 6.07) is 16.2. The summed E-state index contributed by atoms with van der Waals surface area (Å²) in [5.41, 5.74) is 1.08. The van der Waals surface area contributed by atoms with Crippen molar-refractivity contribution in [3.05, 3.63) is 66.7 Å². The Morgan fingerprint density at radius 1 is 1.08 bits per heavy atom. The lowest BCUT2D eigenvalue weighted by Gasteiger charge is -2.25. The molecular formula is C37H43N3O8S. The minimum atomic E-state index is -3.79. The molecule has 1 saturated heterocycles. The van der Waals surface area contributed by atoms with E-state index in [0.717, 1.165) is 23.8 Å². The van der Waals surface area contributed by atoms with Crippen LogP contribution < -0.4 is 14.2 Å². The lowest BCUT2D eigenvalue weighted by atomic mass is 9.91. The number of carbonyl (C=O) groups is 3. The number of ketones is 1. The summed E-state index contributed by atoms with van der Waals surface area (Å²) >= 11 is 0. The third-order valence-electron chi connectivity index (χ3n) is 9.84. The molecule has 0 radical (unpaired) electrons. The minimum absolute atomic E-state index is 0. The number of hydrogen-bond donors (Lipinski definition) is 1. The van der Waals surface area contributed by atoms with E-state index in [1.54, 1.807) is 7.11 Å². The maximum absolute atomic E-state index is 14.1. The third-order valence-corrected chi connectivity index (χ3v) is 11.7. The monoisotopic (exact) mass is 689 g/mol. The maximum Gasteiger partial charge on any atom is 0.410 e. The van der Waals surface area contributed by atoms with Gasteiger partial charge >= 0.3 is 6.09 Å². The van der Waals surface area contributed by atoms with Gasteiger partial charge < -0.3 is 14.2 Å². The number of methoxy groups -OCH3 is 1. The van der Waals surface area contributed by atoms with Gasteiger partial charge in [0.05, 0.1) is 48.2 Å². The van der Waals surface area contributed by atoms with Crippen LogP contribution in [0.15, 0.2) is 66.7 Å². The van der Waals surface area contributed by atoms with E-state index < -0.39 is 44.8 Å². The van der Waals surface area contributed by atoms with Gasteiger partial charge in [-0.1, -0.05) is 49.9 Å². The average Bonchev–Trinajstić information content (AvgIpc) is 4.01. The van der Waals surface area contributed by atoms with Crippen LogP contribution in [0.4, 0.5) is 4.79 Å².